The summed E-state index contributed by atoms with van der Waals surface area (Å²) in [6.07, 6.45) is 0. The predicted molar refractivity (Wildman–Crippen MR) is 128 cm³/mol. The maximum Gasteiger partial charge on any atom is 0.357 e. The molecule has 1 saturated heterocycles. The van der Waals surface area contributed by atoms with E-state index in [1.807, 2.05) is 24.3 Å². The van der Waals surface area contributed by atoms with E-state index in [0.29, 0.717) is 42.1 Å². The highest BCUT2D eigenvalue weighted by Crippen LogP contribution is 2.25. The SMILES string of the molecule is CC(=O)O.CN(C)S(=O)(=O)N1CCN(c2ccc(OCc3c(Br)c(C(=O)O)nn3C)cc2)CC1. The second-order valence-electron chi connectivity index (χ2n) is 7.52. The molecule has 2 heterocycles. The van der Waals surface area contributed by atoms with E-state index in [0.717, 1.165) is 12.6 Å². The number of piperazine rings is 1. The average molecular weight is 562 g/mol. The number of rotatable bonds is 7. The molecular formula is C20H28BrN5O7S. The van der Waals surface area contributed by atoms with Crippen LogP contribution in [0.15, 0.2) is 28.7 Å². The van der Waals surface area contributed by atoms with E-state index in [1.165, 1.54) is 27.4 Å². The third-order valence-corrected chi connectivity index (χ3v) is 7.68. The summed E-state index contributed by atoms with van der Waals surface area (Å²) in [5.41, 5.74) is 1.55. The summed E-state index contributed by atoms with van der Waals surface area (Å²) in [5.74, 6) is -1.30. The first kappa shape index (κ1) is 27.6. The number of aryl methyl sites for hydroxylation is 1. The Labute approximate surface area is 206 Å². The fourth-order valence-electron chi connectivity index (χ4n) is 3.14. The standard InChI is InChI=1S/C18H24BrN5O5S.C2H4O2/c1-21(2)30(27,28)24-10-8-23(9-11-24)13-4-6-14(7-5-13)29-12-15-16(19)17(18(25)26)20-22(15)3;1-2(3)4/h4-7H,8-12H2,1-3H3,(H,25,26);1H3,(H,3,4). The zero-order chi connectivity index (χ0) is 25.6. The van der Waals surface area contributed by atoms with Gasteiger partial charge in [0.15, 0.2) is 5.69 Å². The number of anilines is 1. The summed E-state index contributed by atoms with van der Waals surface area (Å²) >= 11 is 3.27. The van der Waals surface area contributed by atoms with Crippen LogP contribution in [0.5, 0.6) is 5.75 Å². The Balaban J connectivity index is 0.000000945. The zero-order valence-electron chi connectivity index (χ0n) is 19.3. The second kappa shape index (κ2) is 11.6. The largest absolute Gasteiger partial charge is 0.487 e. The van der Waals surface area contributed by atoms with Crippen molar-refractivity contribution in [2.45, 2.75) is 13.5 Å². The molecule has 0 saturated carbocycles. The van der Waals surface area contributed by atoms with Gasteiger partial charge >= 0.3 is 5.97 Å². The maximum atomic E-state index is 12.2. The van der Waals surface area contributed by atoms with Crippen molar-refractivity contribution in [3.63, 3.8) is 0 Å². The molecule has 34 heavy (non-hydrogen) atoms. The lowest BCUT2D eigenvalue weighted by Gasteiger charge is -2.36. The predicted octanol–water partition coefficient (Wildman–Crippen LogP) is 1.48. The van der Waals surface area contributed by atoms with Crippen molar-refractivity contribution in [2.24, 2.45) is 7.05 Å². The Bertz CT molecular complexity index is 1110. The molecule has 12 nitrogen and oxygen atoms in total. The number of nitrogens with zero attached hydrogens (tertiary/aromatic N) is 5. The Kier molecular flexibility index (Phi) is 9.44. The first-order valence-electron chi connectivity index (χ1n) is 10.1. The highest BCUT2D eigenvalue weighted by atomic mass is 79.9. The molecule has 0 bridgehead atoms. The van der Waals surface area contributed by atoms with Crippen molar-refractivity contribution >= 4 is 43.8 Å². The van der Waals surface area contributed by atoms with Crippen LogP contribution in [0, 0.1) is 0 Å². The molecule has 0 aliphatic carbocycles. The van der Waals surface area contributed by atoms with Crippen LogP contribution in [-0.4, -0.2) is 89.2 Å². The number of benzene rings is 1. The molecule has 1 fully saturated rings. The van der Waals surface area contributed by atoms with E-state index in [-0.39, 0.29) is 12.3 Å². The fourth-order valence-corrected chi connectivity index (χ4v) is 4.85. The van der Waals surface area contributed by atoms with Crippen LogP contribution < -0.4 is 9.64 Å². The number of ether oxygens (including phenoxy) is 1. The van der Waals surface area contributed by atoms with Gasteiger partial charge in [0.05, 0.1) is 10.2 Å². The number of hydrogen-bond acceptors (Lipinski definition) is 7. The van der Waals surface area contributed by atoms with Gasteiger partial charge in [0, 0.05) is 59.9 Å². The number of aromatic carboxylic acids is 1. The van der Waals surface area contributed by atoms with Gasteiger partial charge in [-0.2, -0.15) is 22.1 Å². The monoisotopic (exact) mass is 561 g/mol. The van der Waals surface area contributed by atoms with Crippen molar-refractivity contribution in [1.29, 1.82) is 0 Å². The van der Waals surface area contributed by atoms with Gasteiger partial charge < -0.3 is 19.8 Å². The van der Waals surface area contributed by atoms with Crippen LogP contribution in [0.3, 0.4) is 0 Å². The molecule has 3 rings (SSSR count). The van der Waals surface area contributed by atoms with Crippen molar-refractivity contribution in [3.05, 3.63) is 40.1 Å². The van der Waals surface area contributed by atoms with Crippen molar-refractivity contribution in [3.8, 4) is 5.75 Å². The fraction of sp³-hybridized carbons (Fsp3) is 0.450. The second-order valence-corrected chi connectivity index (χ2v) is 10.5. The van der Waals surface area contributed by atoms with Crippen molar-refractivity contribution in [2.75, 3.05) is 45.2 Å². The van der Waals surface area contributed by atoms with Crippen molar-refractivity contribution in [1.82, 2.24) is 18.4 Å². The van der Waals surface area contributed by atoms with E-state index in [1.54, 1.807) is 7.05 Å². The topological polar surface area (TPSA) is 146 Å². The number of carboxylic acid groups (broad SMARTS) is 2. The van der Waals surface area contributed by atoms with Crippen molar-refractivity contribution < 1.29 is 33.0 Å². The molecule has 0 amide bonds. The summed E-state index contributed by atoms with van der Waals surface area (Å²) in [7, 11) is 1.35. The van der Waals surface area contributed by atoms with Crippen LogP contribution >= 0.6 is 15.9 Å². The first-order valence-corrected chi connectivity index (χ1v) is 12.3. The molecule has 0 spiro atoms. The number of carbonyl (C=O) groups is 2. The first-order chi connectivity index (χ1) is 15.8. The zero-order valence-corrected chi connectivity index (χ0v) is 21.7. The minimum atomic E-state index is -3.38. The summed E-state index contributed by atoms with van der Waals surface area (Å²) in [6, 6.07) is 7.51. The lowest BCUT2D eigenvalue weighted by Crippen LogP contribution is -2.51. The molecule has 0 unspecified atom stereocenters. The average Bonchev–Trinajstić information content (AvgIpc) is 3.06. The Hall–Kier alpha value is -2.68. The number of halogens is 1. The van der Waals surface area contributed by atoms with Gasteiger partial charge in [0.2, 0.25) is 0 Å². The maximum absolute atomic E-state index is 12.2. The van der Waals surface area contributed by atoms with E-state index >= 15 is 0 Å². The van der Waals surface area contributed by atoms with Gasteiger partial charge in [-0.25, -0.2) is 4.79 Å². The molecule has 2 N–H and O–H groups in total. The van der Waals surface area contributed by atoms with E-state index in [2.05, 4.69) is 25.9 Å². The number of carboxylic acids is 2. The highest BCUT2D eigenvalue weighted by molar-refractivity contribution is 9.10. The smallest absolute Gasteiger partial charge is 0.357 e. The van der Waals surface area contributed by atoms with Gasteiger partial charge in [0.25, 0.3) is 16.2 Å². The molecule has 1 aromatic heterocycles. The molecule has 2 aromatic rings. The highest BCUT2D eigenvalue weighted by Gasteiger charge is 2.28. The minimum Gasteiger partial charge on any atom is -0.487 e. The molecule has 1 aliphatic rings. The molecule has 1 aromatic carbocycles. The van der Waals surface area contributed by atoms with Gasteiger partial charge in [-0.1, -0.05) is 0 Å². The van der Waals surface area contributed by atoms with Gasteiger partial charge in [0.1, 0.15) is 12.4 Å². The third-order valence-electron chi connectivity index (χ3n) is 4.91. The lowest BCUT2D eigenvalue weighted by atomic mass is 10.2. The molecule has 14 heteroatoms. The van der Waals surface area contributed by atoms with E-state index in [9.17, 15) is 13.2 Å². The molecule has 0 atom stereocenters. The summed E-state index contributed by atoms with van der Waals surface area (Å²) < 4.78 is 34.8. The molecular weight excluding hydrogens is 534 g/mol. The quantitative estimate of drug-likeness (QED) is 0.513. The van der Waals surface area contributed by atoms with Crippen LogP contribution in [0.25, 0.3) is 0 Å². The van der Waals surface area contributed by atoms with Gasteiger partial charge in [-0.3, -0.25) is 9.48 Å². The molecule has 0 radical (unpaired) electrons. The Morgan fingerprint density at radius 2 is 1.65 bits per heavy atom. The summed E-state index contributed by atoms with van der Waals surface area (Å²) in [5, 5.41) is 20.5. The summed E-state index contributed by atoms with van der Waals surface area (Å²) in [4.78, 5) is 22.3. The van der Waals surface area contributed by atoms with Crippen LogP contribution in [0.2, 0.25) is 0 Å². The molecule has 1 aliphatic heterocycles. The third kappa shape index (κ3) is 6.91. The number of hydrogen-bond donors (Lipinski definition) is 2. The van der Waals surface area contributed by atoms with Gasteiger partial charge in [-0.05, 0) is 40.2 Å². The lowest BCUT2D eigenvalue weighted by molar-refractivity contribution is -0.134. The molecule has 188 valence electrons. The van der Waals surface area contributed by atoms with Gasteiger partial charge in [-0.15, -0.1) is 0 Å². The van der Waals surface area contributed by atoms with E-state index < -0.39 is 22.1 Å². The van der Waals surface area contributed by atoms with E-state index in [4.69, 9.17) is 19.7 Å². The number of aromatic nitrogens is 2. The van der Waals surface area contributed by atoms with Crippen LogP contribution in [0.4, 0.5) is 5.69 Å². The normalized spacial score (nSPS) is 14.5. The number of aliphatic carboxylic acids is 1. The minimum absolute atomic E-state index is 0.0538. The summed E-state index contributed by atoms with van der Waals surface area (Å²) in [6.45, 7) is 3.32. The Morgan fingerprint density at radius 3 is 2.09 bits per heavy atom. The van der Waals surface area contributed by atoms with Crippen LogP contribution in [0.1, 0.15) is 23.1 Å². The van der Waals surface area contributed by atoms with Crippen LogP contribution in [-0.2, 0) is 28.7 Å². The Morgan fingerprint density at radius 1 is 1.12 bits per heavy atom.